The summed E-state index contributed by atoms with van der Waals surface area (Å²) in [6.45, 7) is 0. The van der Waals surface area contributed by atoms with Crippen LogP contribution in [-0.4, -0.2) is 20.9 Å². The summed E-state index contributed by atoms with van der Waals surface area (Å²) < 4.78 is 0. The van der Waals surface area contributed by atoms with Crippen LogP contribution in [0.4, 0.5) is 5.95 Å². The molecule has 7 heteroatoms. The molecule has 0 radical (unpaired) electrons. The zero-order valence-electron chi connectivity index (χ0n) is 11.7. The molecule has 0 aliphatic rings. The first-order valence-corrected chi connectivity index (χ1v) is 6.76. The maximum Gasteiger partial charge on any atom is 0.276 e. The molecule has 1 amide bonds. The first-order chi connectivity index (χ1) is 10.6. The third kappa shape index (κ3) is 2.44. The summed E-state index contributed by atoms with van der Waals surface area (Å²) in [7, 11) is 0. The molecule has 0 spiro atoms. The summed E-state index contributed by atoms with van der Waals surface area (Å²) in [6.07, 6.45) is 1.79. The van der Waals surface area contributed by atoms with Gasteiger partial charge in [0, 0.05) is 24.1 Å². The van der Waals surface area contributed by atoms with Gasteiger partial charge >= 0.3 is 0 Å². The van der Waals surface area contributed by atoms with Gasteiger partial charge in [0.1, 0.15) is 11.0 Å². The van der Waals surface area contributed by atoms with E-state index < -0.39 is 5.91 Å². The molecular formula is C15H15N5O2. The Kier molecular flexibility index (Phi) is 3.38. The molecule has 0 aliphatic carbocycles. The van der Waals surface area contributed by atoms with Gasteiger partial charge in [0.2, 0.25) is 11.9 Å². The van der Waals surface area contributed by atoms with E-state index in [1.807, 2.05) is 30.3 Å². The standard InChI is InChI=1S/C15H15N5O2/c16-11(21)6-9(8-4-2-1-3-5-8)10-7-18-13-12(10)19-15(17)20-14(13)22/h1-5,7,9,18H,6H2,(H2,16,21)(H3,17,19,20,22)/t9-/m0/s1. The minimum absolute atomic E-state index is 0.0317. The minimum Gasteiger partial charge on any atom is -0.370 e. The van der Waals surface area contributed by atoms with Gasteiger partial charge in [-0.1, -0.05) is 30.3 Å². The van der Waals surface area contributed by atoms with Crippen molar-refractivity contribution < 1.29 is 4.79 Å². The van der Waals surface area contributed by atoms with Crippen LogP contribution in [0.25, 0.3) is 11.0 Å². The molecule has 0 unspecified atom stereocenters. The van der Waals surface area contributed by atoms with Crippen LogP contribution in [-0.2, 0) is 4.79 Å². The Morgan fingerprint density at radius 1 is 1.27 bits per heavy atom. The van der Waals surface area contributed by atoms with Gasteiger partial charge in [0.25, 0.3) is 5.56 Å². The number of H-pyrrole nitrogens is 2. The van der Waals surface area contributed by atoms with Crippen LogP contribution in [0.2, 0.25) is 0 Å². The normalized spacial score (nSPS) is 12.4. The van der Waals surface area contributed by atoms with Crippen LogP contribution in [0.3, 0.4) is 0 Å². The van der Waals surface area contributed by atoms with Gasteiger partial charge < -0.3 is 16.5 Å². The lowest BCUT2D eigenvalue weighted by Crippen LogP contribution is -2.16. The van der Waals surface area contributed by atoms with Gasteiger partial charge in [-0.3, -0.25) is 14.6 Å². The van der Waals surface area contributed by atoms with Crippen LogP contribution >= 0.6 is 0 Å². The van der Waals surface area contributed by atoms with Crippen molar-refractivity contribution in [1.82, 2.24) is 15.0 Å². The van der Waals surface area contributed by atoms with Gasteiger partial charge in [-0.25, -0.2) is 4.98 Å². The molecule has 6 N–H and O–H groups in total. The second-order valence-corrected chi connectivity index (χ2v) is 5.05. The number of hydrogen-bond donors (Lipinski definition) is 4. The number of nitrogen functional groups attached to an aromatic ring is 1. The number of nitrogens with one attached hydrogen (secondary N) is 2. The fourth-order valence-electron chi connectivity index (χ4n) is 2.61. The minimum atomic E-state index is -0.430. The Labute approximate surface area is 125 Å². The molecule has 0 fully saturated rings. The average Bonchev–Trinajstić information content (AvgIpc) is 2.89. The molecule has 2 heterocycles. The summed E-state index contributed by atoms with van der Waals surface area (Å²) in [6, 6.07) is 9.46. The molecule has 0 saturated carbocycles. The number of benzene rings is 1. The lowest BCUT2D eigenvalue weighted by atomic mass is 9.89. The Bertz CT molecular complexity index is 882. The number of rotatable bonds is 4. The second kappa shape index (κ2) is 5.36. The number of carbonyl (C=O) groups excluding carboxylic acids is 1. The first kappa shape index (κ1) is 13.9. The van der Waals surface area contributed by atoms with Gasteiger partial charge in [0.05, 0.1) is 0 Å². The third-order valence-corrected chi connectivity index (χ3v) is 3.57. The van der Waals surface area contributed by atoms with E-state index in [1.54, 1.807) is 6.20 Å². The van der Waals surface area contributed by atoms with E-state index in [9.17, 15) is 9.59 Å². The predicted octanol–water partition coefficient (Wildman–Crippen LogP) is 0.841. The van der Waals surface area contributed by atoms with Crippen molar-refractivity contribution in [3.8, 4) is 0 Å². The largest absolute Gasteiger partial charge is 0.370 e. The zero-order valence-corrected chi connectivity index (χ0v) is 11.7. The third-order valence-electron chi connectivity index (χ3n) is 3.57. The Hall–Kier alpha value is -3.09. The van der Waals surface area contributed by atoms with Crippen molar-refractivity contribution >= 4 is 22.9 Å². The highest BCUT2D eigenvalue weighted by Gasteiger charge is 2.22. The number of aromatic amines is 2. The Morgan fingerprint density at radius 2 is 2.00 bits per heavy atom. The summed E-state index contributed by atoms with van der Waals surface area (Å²) >= 11 is 0. The lowest BCUT2D eigenvalue weighted by Gasteiger charge is -2.15. The molecule has 3 rings (SSSR count). The van der Waals surface area contributed by atoms with Gasteiger partial charge in [-0.15, -0.1) is 0 Å². The highest BCUT2D eigenvalue weighted by molar-refractivity contribution is 5.82. The molecule has 2 aromatic heterocycles. The van der Waals surface area contributed by atoms with Crippen LogP contribution in [0.5, 0.6) is 0 Å². The average molecular weight is 297 g/mol. The van der Waals surface area contributed by atoms with Crippen molar-refractivity contribution in [1.29, 1.82) is 0 Å². The highest BCUT2D eigenvalue weighted by Crippen LogP contribution is 2.31. The predicted molar refractivity (Wildman–Crippen MR) is 83.2 cm³/mol. The van der Waals surface area contributed by atoms with Gasteiger partial charge in [0.15, 0.2) is 0 Å². The Balaban J connectivity index is 2.20. The number of nitrogens with zero attached hydrogens (tertiary/aromatic N) is 1. The van der Waals surface area contributed by atoms with E-state index in [1.165, 1.54) is 0 Å². The van der Waals surface area contributed by atoms with E-state index in [-0.39, 0.29) is 23.8 Å². The van der Waals surface area contributed by atoms with E-state index in [0.717, 1.165) is 11.1 Å². The smallest absolute Gasteiger partial charge is 0.276 e. The number of carbonyl (C=O) groups is 1. The maximum absolute atomic E-state index is 11.9. The molecule has 3 aromatic rings. The van der Waals surface area contributed by atoms with E-state index in [2.05, 4.69) is 15.0 Å². The molecule has 112 valence electrons. The zero-order chi connectivity index (χ0) is 15.7. The van der Waals surface area contributed by atoms with Crippen molar-refractivity contribution in [2.24, 2.45) is 5.73 Å². The maximum atomic E-state index is 11.9. The number of primary amides is 1. The van der Waals surface area contributed by atoms with E-state index in [4.69, 9.17) is 11.5 Å². The Morgan fingerprint density at radius 3 is 2.68 bits per heavy atom. The summed E-state index contributed by atoms with van der Waals surface area (Å²) in [4.78, 5) is 32.9. The van der Waals surface area contributed by atoms with Crippen LogP contribution < -0.4 is 17.0 Å². The van der Waals surface area contributed by atoms with Crippen LogP contribution in [0.1, 0.15) is 23.5 Å². The van der Waals surface area contributed by atoms with Crippen molar-refractivity contribution in [2.45, 2.75) is 12.3 Å². The molecule has 1 atom stereocenters. The number of nitrogens with two attached hydrogens (primary N) is 2. The molecule has 0 saturated heterocycles. The molecule has 7 nitrogen and oxygen atoms in total. The fraction of sp³-hybridized carbons (Fsp3) is 0.133. The topological polar surface area (TPSA) is 131 Å². The molecule has 0 aliphatic heterocycles. The summed E-state index contributed by atoms with van der Waals surface area (Å²) in [5.74, 6) is -0.689. The molecule has 0 bridgehead atoms. The van der Waals surface area contributed by atoms with E-state index in [0.29, 0.717) is 11.0 Å². The quantitative estimate of drug-likeness (QED) is 0.568. The number of anilines is 1. The first-order valence-electron chi connectivity index (χ1n) is 6.76. The number of hydrogen-bond acceptors (Lipinski definition) is 4. The summed E-state index contributed by atoms with van der Waals surface area (Å²) in [5, 5.41) is 0. The molecular weight excluding hydrogens is 282 g/mol. The van der Waals surface area contributed by atoms with Crippen molar-refractivity contribution in [2.75, 3.05) is 5.73 Å². The number of aromatic nitrogens is 3. The summed E-state index contributed by atoms with van der Waals surface area (Å²) in [5.41, 5.74) is 13.1. The number of amides is 1. The molecule has 1 aromatic carbocycles. The van der Waals surface area contributed by atoms with Gasteiger partial charge in [-0.05, 0) is 5.56 Å². The van der Waals surface area contributed by atoms with Crippen LogP contribution in [0.15, 0.2) is 41.3 Å². The number of fused-ring (bicyclic) bond motifs is 1. The second-order valence-electron chi connectivity index (χ2n) is 5.05. The van der Waals surface area contributed by atoms with E-state index >= 15 is 0 Å². The van der Waals surface area contributed by atoms with Crippen LogP contribution in [0, 0.1) is 0 Å². The molecule has 22 heavy (non-hydrogen) atoms. The monoisotopic (exact) mass is 297 g/mol. The van der Waals surface area contributed by atoms with Crippen molar-refractivity contribution in [3.05, 3.63) is 58.0 Å². The fourth-order valence-corrected chi connectivity index (χ4v) is 2.61. The highest BCUT2D eigenvalue weighted by atomic mass is 16.1. The van der Waals surface area contributed by atoms with Gasteiger partial charge in [-0.2, -0.15) is 0 Å². The lowest BCUT2D eigenvalue weighted by molar-refractivity contribution is -0.118. The SMILES string of the molecule is NC(=O)C[C@@H](c1ccccc1)c1c[nH]c2c(=O)[nH]c(N)nc12. The van der Waals surface area contributed by atoms with Crippen molar-refractivity contribution in [3.63, 3.8) is 0 Å².